The summed E-state index contributed by atoms with van der Waals surface area (Å²) in [5.74, 6) is -0.224. The Morgan fingerprint density at radius 3 is 1.25 bits per heavy atom. The van der Waals surface area contributed by atoms with Gasteiger partial charge in [-0.2, -0.15) is 16.8 Å². The molecule has 6 rings (SSSR count). The first kappa shape index (κ1) is 28.7. The largest absolute Gasteiger partial charge is 0.377 e. The summed E-state index contributed by atoms with van der Waals surface area (Å²) < 4.78 is 63.3. The van der Waals surface area contributed by atoms with E-state index in [1.807, 2.05) is 24.3 Å². The van der Waals surface area contributed by atoms with Crippen molar-refractivity contribution in [3.8, 4) is 11.5 Å². The van der Waals surface area contributed by atoms with Crippen LogP contribution in [0, 0.1) is 0 Å². The second-order valence-electron chi connectivity index (χ2n) is 9.66. The van der Waals surface area contributed by atoms with Crippen LogP contribution in [0.25, 0.3) is 21.5 Å². The van der Waals surface area contributed by atoms with E-state index in [0.717, 1.165) is 21.5 Å². The second kappa shape index (κ2) is 11.7. The molecule has 11 heteroatoms. The molecule has 9 nitrogen and oxygen atoms in total. The number of benzene rings is 6. The van der Waals surface area contributed by atoms with Crippen LogP contribution in [-0.2, 0) is 20.2 Å². The summed E-state index contributed by atoms with van der Waals surface area (Å²) in [6, 6.07) is 35.2. The Morgan fingerprint density at radius 2 is 0.818 bits per heavy atom. The highest BCUT2D eigenvalue weighted by molar-refractivity contribution is 7.87. The monoisotopic (exact) mass is 624 g/mol. The van der Waals surface area contributed by atoms with E-state index in [9.17, 15) is 21.6 Å². The quantitative estimate of drug-likeness (QED) is 0.172. The molecule has 0 aliphatic carbocycles. The number of amides is 2. The zero-order chi connectivity index (χ0) is 30.7. The number of carbonyl (C=O) groups is 1. The lowest BCUT2D eigenvalue weighted by molar-refractivity contribution is 0.262. The molecule has 6 aromatic rings. The summed E-state index contributed by atoms with van der Waals surface area (Å²) in [5.41, 5.74) is 0.132. The van der Waals surface area contributed by atoms with Crippen molar-refractivity contribution in [2.75, 3.05) is 10.6 Å². The molecule has 0 aliphatic rings. The Balaban J connectivity index is 1.19. The smallest absolute Gasteiger partial charge is 0.339 e. The third-order valence-corrected chi connectivity index (χ3v) is 9.15. The minimum absolute atomic E-state index is 0.0471. The van der Waals surface area contributed by atoms with E-state index in [1.165, 1.54) is 48.5 Å². The predicted molar refractivity (Wildman–Crippen MR) is 169 cm³/mol. The number of rotatable bonds is 8. The molecular weight excluding hydrogens is 601 g/mol. The van der Waals surface area contributed by atoms with Gasteiger partial charge in [-0.3, -0.25) is 0 Å². The first-order valence-electron chi connectivity index (χ1n) is 13.3. The van der Waals surface area contributed by atoms with Crippen LogP contribution in [-0.4, -0.2) is 22.9 Å². The average molecular weight is 625 g/mol. The first-order chi connectivity index (χ1) is 21.2. The summed E-state index contributed by atoms with van der Waals surface area (Å²) in [6.07, 6.45) is 0. The van der Waals surface area contributed by atoms with Crippen molar-refractivity contribution in [3.05, 3.63) is 133 Å². The summed E-state index contributed by atoms with van der Waals surface area (Å²) in [4.78, 5) is 12.9. The fraction of sp³-hybridized carbons (Fsp3) is 0. The van der Waals surface area contributed by atoms with Crippen molar-refractivity contribution >= 4 is 59.2 Å². The molecule has 0 radical (unpaired) electrons. The Bertz CT molecular complexity index is 2090. The average Bonchev–Trinajstić information content (AvgIpc) is 3.02. The minimum atomic E-state index is -4.25. The van der Waals surface area contributed by atoms with E-state index >= 15 is 0 Å². The molecule has 0 unspecified atom stereocenters. The maximum atomic E-state index is 13.1. The topological polar surface area (TPSA) is 128 Å². The lowest BCUT2D eigenvalue weighted by Crippen LogP contribution is -2.21. The normalized spacial score (nSPS) is 11.6. The van der Waals surface area contributed by atoms with E-state index in [4.69, 9.17) is 8.37 Å². The molecular formula is C33H24N2O7S2. The van der Waals surface area contributed by atoms with Crippen LogP contribution in [0.3, 0.4) is 0 Å². The molecule has 0 saturated heterocycles. The molecule has 2 N–H and O–H groups in total. The number of carbonyl (C=O) groups excluding carboxylic acids is 1. The summed E-state index contributed by atoms with van der Waals surface area (Å²) in [7, 11) is -8.50. The molecule has 0 saturated carbocycles. The Hall–Kier alpha value is -5.39. The van der Waals surface area contributed by atoms with Crippen molar-refractivity contribution in [1.82, 2.24) is 0 Å². The van der Waals surface area contributed by atoms with Gasteiger partial charge < -0.3 is 19.0 Å². The zero-order valence-corrected chi connectivity index (χ0v) is 24.5. The molecule has 0 fully saturated rings. The number of nitrogens with one attached hydrogen (secondary N) is 2. The van der Waals surface area contributed by atoms with Gasteiger partial charge in [-0.25, -0.2) is 4.79 Å². The van der Waals surface area contributed by atoms with Crippen molar-refractivity contribution in [1.29, 1.82) is 0 Å². The van der Waals surface area contributed by atoms with E-state index in [1.54, 1.807) is 60.7 Å². The molecule has 0 atom stereocenters. The summed E-state index contributed by atoms with van der Waals surface area (Å²) >= 11 is 0. The number of fused-ring (bicyclic) bond motifs is 2. The van der Waals surface area contributed by atoms with Crippen molar-refractivity contribution in [2.45, 2.75) is 9.79 Å². The molecule has 0 aromatic heterocycles. The number of urea groups is 1. The molecule has 6 aromatic carbocycles. The van der Waals surface area contributed by atoms with Crippen molar-refractivity contribution < 1.29 is 30.0 Å². The molecule has 0 spiro atoms. The van der Waals surface area contributed by atoms with E-state index < -0.39 is 26.3 Å². The van der Waals surface area contributed by atoms with Crippen molar-refractivity contribution in [2.24, 2.45) is 0 Å². The third-order valence-electron chi connectivity index (χ3n) is 6.69. The van der Waals surface area contributed by atoms with Crippen LogP contribution in [0.4, 0.5) is 16.2 Å². The highest BCUT2D eigenvalue weighted by Gasteiger charge is 2.22. The van der Waals surface area contributed by atoms with Crippen LogP contribution in [0.5, 0.6) is 11.5 Å². The SMILES string of the molecule is O=C(Nc1ccccc1OS(=O)(=O)c1ccc2ccccc2c1)Nc1ccccc1OS(=O)(=O)c1ccc2ccccc2c1. The summed E-state index contributed by atoms with van der Waals surface area (Å²) in [6.45, 7) is 0. The van der Waals surface area contributed by atoms with Crippen molar-refractivity contribution in [3.63, 3.8) is 0 Å². The van der Waals surface area contributed by atoms with Gasteiger partial charge in [-0.1, -0.05) is 84.9 Å². The molecule has 44 heavy (non-hydrogen) atoms. The molecule has 2 amide bonds. The summed E-state index contributed by atoms with van der Waals surface area (Å²) in [5, 5.41) is 8.33. The van der Waals surface area contributed by atoms with E-state index in [-0.39, 0.29) is 32.7 Å². The van der Waals surface area contributed by atoms with Gasteiger partial charge in [0.2, 0.25) is 0 Å². The fourth-order valence-electron chi connectivity index (χ4n) is 4.54. The van der Waals surface area contributed by atoms with Gasteiger partial charge in [0.15, 0.2) is 11.5 Å². The van der Waals surface area contributed by atoms with Crippen LogP contribution in [0.15, 0.2) is 143 Å². The predicted octanol–water partition coefficient (Wildman–Crippen LogP) is 7.17. The van der Waals surface area contributed by atoms with Gasteiger partial charge in [0.25, 0.3) is 0 Å². The van der Waals surface area contributed by atoms with Gasteiger partial charge in [-0.05, 0) is 70.1 Å². The van der Waals surface area contributed by atoms with Gasteiger partial charge in [-0.15, -0.1) is 0 Å². The van der Waals surface area contributed by atoms with Crippen LogP contribution in [0.1, 0.15) is 0 Å². The lowest BCUT2D eigenvalue weighted by Gasteiger charge is -2.15. The maximum Gasteiger partial charge on any atom is 0.339 e. The minimum Gasteiger partial charge on any atom is -0.377 e. The maximum absolute atomic E-state index is 13.1. The number of anilines is 2. The third kappa shape index (κ3) is 6.19. The van der Waals surface area contributed by atoms with Gasteiger partial charge in [0.05, 0.1) is 11.4 Å². The molecule has 0 aliphatic heterocycles. The molecule has 0 bridgehead atoms. The first-order valence-corrected chi connectivity index (χ1v) is 16.1. The standard InChI is InChI=1S/C33H24N2O7S2/c36-33(34-29-13-5-7-15-31(29)41-43(37,38)27-19-17-23-9-1-3-11-25(23)21-27)35-30-14-6-8-16-32(30)42-44(39,40)28-20-18-24-10-2-4-12-26(24)22-28/h1-22H,(H2,34,35,36). The highest BCUT2D eigenvalue weighted by Crippen LogP contribution is 2.31. The van der Waals surface area contributed by atoms with E-state index in [2.05, 4.69) is 10.6 Å². The van der Waals surface area contributed by atoms with Crippen LogP contribution < -0.4 is 19.0 Å². The zero-order valence-electron chi connectivity index (χ0n) is 22.9. The highest BCUT2D eigenvalue weighted by atomic mass is 32.2. The lowest BCUT2D eigenvalue weighted by atomic mass is 10.1. The van der Waals surface area contributed by atoms with Gasteiger partial charge in [0, 0.05) is 0 Å². The van der Waals surface area contributed by atoms with Gasteiger partial charge in [0.1, 0.15) is 9.79 Å². The Kier molecular flexibility index (Phi) is 7.64. The number of hydrogen-bond acceptors (Lipinski definition) is 7. The molecule has 220 valence electrons. The molecule has 0 heterocycles. The van der Waals surface area contributed by atoms with Crippen LogP contribution in [0.2, 0.25) is 0 Å². The van der Waals surface area contributed by atoms with E-state index in [0.29, 0.717) is 0 Å². The fourth-order valence-corrected chi connectivity index (χ4v) is 6.51. The second-order valence-corrected chi connectivity index (χ2v) is 12.8. The number of para-hydroxylation sites is 4. The Morgan fingerprint density at radius 1 is 0.455 bits per heavy atom. The van der Waals surface area contributed by atoms with Crippen LogP contribution >= 0.6 is 0 Å². The Labute approximate surface area is 253 Å². The van der Waals surface area contributed by atoms with Gasteiger partial charge >= 0.3 is 26.3 Å². The number of hydrogen-bond donors (Lipinski definition) is 2.